The lowest BCUT2D eigenvalue weighted by Gasteiger charge is -2.41. The van der Waals surface area contributed by atoms with Crippen LogP contribution >= 0.6 is 0 Å². The molecular weight excluding hydrogens is 556 g/mol. The summed E-state index contributed by atoms with van der Waals surface area (Å²) in [6.45, 7) is 0. The average molecular weight is 585 g/mol. The number of hydrogen-bond acceptors (Lipinski definition) is 1. The van der Waals surface area contributed by atoms with Crippen molar-refractivity contribution in [2.45, 2.75) is 5.41 Å². The minimum atomic E-state index is -0.500. The van der Waals surface area contributed by atoms with Crippen LogP contribution in [0.15, 0.2) is 170 Å². The molecule has 1 aliphatic rings. The molecule has 2 heterocycles. The summed E-state index contributed by atoms with van der Waals surface area (Å²) >= 11 is 0. The lowest BCUT2D eigenvalue weighted by atomic mass is 9.63. The van der Waals surface area contributed by atoms with Gasteiger partial charge in [-0.3, -0.25) is 0 Å². The molecule has 1 aliphatic heterocycles. The standard InChI is InChI=1S/C44H28N2/c45-29-30-17-19-31(20-18-30)32-21-23-33(24-22-32)34-25-27-36(28-26-34)44(35-9-2-1-3-10-35)39-13-5-7-16-42(39)46-41-15-6-4-11-37(41)38-12-8-14-40(44)43(38)46/h1-28H. The van der Waals surface area contributed by atoms with E-state index in [1.807, 2.05) is 24.3 Å². The third kappa shape index (κ3) is 3.70. The highest BCUT2D eigenvalue weighted by molar-refractivity contribution is 6.12. The Bertz CT molecular complexity index is 2440. The van der Waals surface area contributed by atoms with Crippen molar-refractivity contribution in [2.75, 3.05) is 0 Å². The Morgan fingerprint density at radius 3 is 1.65 bits per heavy atom. The van der Waals surface area contributed by atoms with Crippen molar-refractivity contribution in [3.05, 3.63) is 198 Å². The van der Waals surface area contributed by atoms with Crippen molar-refractivity contribution >= 4 is 21.8 Å². The first kappa shape index (κ1) is 26.3. The van der Waals surface area contributed by atoms with Gasteiger partial charge in [0.15, 0.2) is 0 Å². The Morgan fingerprint density at radius 2 is 0.957 bits per heavy atom. The Balaban J connectivity index is 1.24. The van der Waals surface area contributed by atoms with E-state index >= 15 is 0 Å². The Kier molecular flexibility index (Phi) is 5.82. The van der Waals surface area contributed by atoms with Gasteiger partial charge < -0.3 is 4.57 Å². The molecule has 0 saturated carbocycles. The Labute approximate surface area is 268 Å². The van der Waals surface area contributed by atoms with Gasteiger partial charge in [0.1, 0.15) is 0 Å². The summed E-state index contributed by atoms with van der Waals surface area (Å²) in [6.07, 6.45) is 0. The van der Waals surface area contributed by atoms with Crippen molar-refractivity contribution in [3.8, 4) is 34.0 Å². The first-order valence-corrected chi connectivity index (χ1v) is 15.7. The van der Waals surface area contributed by atoms with Gasteiger partial charge in [0.2, 0.25) is 0 Å². The van der Waals surface area contributed by atoms with Crippen molar-refractivity contribution in [1.29, 1.82) is 5.26 Å². The molecule has 1 unspecified atom stereocenters. The van der Waals surface area contributed by atoms with Gasteiger partial charge in [-0.1, -0.05) is 146 Å². The van der Waals surface area contributed by atoms with E-state index in [0.29, 0.717) is 5.56 Å². The van der Waals surface area contributed by atoms with E-state index < -0.39 is 5.41 Å². The highest BCUT2D eigenvalue weighted by Gasteiger charge is 2.45. The van der Waals surface area contributed by atoms with Gasteiger partial charge in [-0.25, -0.2) is 0 Å². The molecule has 0 aliphatic carbocycles. The second-order valence-corrected chi connectivity index (χ2v) is 12.0. The molecule has 7 aromatic carbocycles. The van der Waals surface area contributed by atoms with Crippen LogP contribution in [0.5, 0.6) is 0 Å². The quantitative estimate of drug-likeness (QED) is 0.202. The number of aromatic nitrogens is 1. The number of nitrogens with zero attached hydrogens (tertiary/aromatic N) is 2. The van der Waals surface area contributed by atoms with Crippen LogP contribution in [0.25, 0.3) is 49.7 Å². The molecule has 9 rings (SSSR count). The van der Waals surface area contributed by atoms with Crippen LogP contribution in [-0.4, -0.2) is 4.57 Å². The van der Waals surface area contributed by atoms with E-state index in [0.717, 1.165) is 11.1 Å². The van der Waals surface area contributed by atoms with Crippen molar-refractivity contribution < 1.29 is 0 Å². The number of nitriles is 1. The summed E-state index contributed by atoms with van der Waals surface area (Å²) in [5.74, 6) is 0. The number of para-hydroxylation sites is 3. The molecule has 0 amide bonds. The van der Waals surface area contributed by atoms with Crippen LogP contribution in [0.1, 0.15) is 27.8 Å². The molecule has 46 heavy (non-hydrogen) atoms. The van der Waals surface area contributed by atoms with Crippen molar-refractivity contribution in [3.63, 3.8) is 0 Å². The average Bonchev–Trinajstić information content (AvgIpc) is 3.48. The molecule has 0 fully saturated rings. The molecule has 1 aromatic heterocycles. The summed E-state index contributed by atoms with van der Waals surface area (Å²) in [5, 5.41) is 11.7. The molecular formula is C44H28N2. The first-order valence-electron chi connectivity index (χ1n) is 15.7. The molecule has 0 spiro atoms. The fourth-order valence-electron chi connectivity index (χ4n) is 7.68. The second kappa shape index (κ2) is 10.2. The fourth-order valence-corrected chi connectivity index (χ4v) is 7.68. The zero-order valence-corrected chi connectivity index (χ0v) is 25.1. The van der Waals surface area contributed by atoms with Crippen LogP contribution in [0.4, 0.5) is 0 Å². The monoisotopic (exact) mass is 584 g/mol. The molecule has 0 saturated heterocycles. The second-order valence-electron chi connectivity index (χ2n) is 12.0. The molecule has 0 radical (unpaired) electrons. The van der Waals surface area contributed by atoms with Crippen LogP contribution in [0, 0.1) is 11.3 Å². The highest BCUT2D eigenvalue weighted by Crippen LogP contribution is 2.54. The van der Waals surface area contributed by atoms with Crippen LogP contribution in [0.3, 0.4) is 0 Å². The number of fused-ring (bicyclic) bond motifs is 5. The minimum Gasteiger partial charge on any atom is -0.309 e. The maximum Gasteiger partial charge on any atom is 0.0991 e. The van der Waals surface area contributed by atoms with Gasteiger partial charge in [0.25, 0.3) is 0 Å². The predicted octanol–water partition coefficient (Wildman–Crippen LogP) is 10.7. The fraction of sp³-hybridized carbons (Fsp3) is 0.0227. The summed E-state index contributed by atoms with van der Waals surface area (Å²) in [7, 11) is 0. The smallest absolute Gasteiger partial charge is 0.0991 e. The molecule has 1 atom stereocenters. The van der Waals surface area contributed by atoms with Crippen LogP contribution < -0.4 is 0 Å². The largest absolute Gasteiger partial charge is 0.309 e. The lowest BCUT2D eigenvalue weighted by Crippen LogP contribution is -2.35. The van der Waals surface area contributed by atoms with E-state index in [-0.39, 0.29) is 0 Å². The van der Waals surface area contributed by atoms with Gasteiger partial charge >= 0.3 is 0 Å². The number of benzene rings is 7. The van der Waals surface area contributed by atoms with Gasteiger partial charge in [-0.05, 0) is 68.8 Å². The summed E-state index contributed by atoms with van der Waals surface area (Å²) in [5.41, 5.74) is 13.6. The summed E-state index contributed by atoms with van der Waals surface area (Å²) < 4.78 is 2.47. The molecule has 2 heteroatoms. The summed E-state index contributed by atoms with van der Waals surface area (Å²) in [4.78, 5) is 0. The third-order valence-electron chi connectivity index (χ3n) is 9.74. The predicted molar refractivity (Wildman–Crippen MR) is 188 cm³/mol. The molecule has 0 N–H and O–H groups in total. The van der Waals surface area contributed by atoms with Gasteiger partial charge in [-0.2, -0.15) is 5.26 Å². The minimum absolute atomic E-state index is 0.500. The van der Waals surface area contributed by atoms with Gasteiger partial charge in [0, 0.05) is 10.8 Å². The zero-order valence-electron chi connectivity index (χ0n) is 25.1. The van der Waals surface area contributed by atoms with Gasteiger partial charge in [0.05, 0.1) is 33.8 Å². The third-order valence-corrected chi connectivity index (χ3v) is 9.74. The lowest BCUT2D eigenvalue weighted by molar-refractivity contribution is 0.728. The zero-order chi connectivity index (χ0) is 30.7. The maximum absolute atomic E-state index is 9.15. The van der Waals surface area contributed by atoms with E-state index in [4.69, 9.17) is 5.26 Å². The van der Waals surface area contributed by atoms with E-state index in [1.165, 1.54) is 60.9 Å². The first-order chi connectivity index (χ1) is 22.8. The maximum atomic E-state index is 9.15. The van der Waals surface area contributed by atoms with Gasteiger partial charge in [-0.15, -0.1) is 0 Å². The molecule has 8 aromatic rings. The Hall–Kier alpha value is -6.17. The normalized spacial score (nSPS) is 15.0. The topological polar surface area (TPSA) is 28.7 Å². The van der Waals surface area contributed by atoms with Crippen LogP contribution in [-0.2, 0) is 5.41 Å². The van der Waals surface area contributed by atoms with E-state index in [2.05, 4.69) is 156 Å². The van der Waals surface area contributed by atoms with E-state index in [1.54, 1.807) is 0 Å². The Morgan fingerprint density at radius 1 is 0.435 bits per heavy atom. The van der Waals surface area contributed by atoms with Crippen LogP contribution in [0.2, 0.25) is 0 Å². The SMILES string of the molecule is N#Cc1ccc(-c2ccc(-c3ccc(C4(c5ccccc5)c5ccccc5-n5c6ccccc6c6cccc4c65)cc3)cc2)cc1. The number of rotatable bonds is 4. The van der Waals surface area contributed by atoms with E-state index in [9.17, 15) is 0 Å². The van der Waals surface area contributed by atoms with Crippen molar-refractivity contribution in [1.82, 2.24) is 4.57 Å². The summed E-state index contributed by atoms with van der Waals surface area (Å²) in [6, 6.07) is 63.3. The molecule has 2 nitrogen and oxygen atoms in total. The number of hydrogen-bond donors (Lipinski definition) is 0. The molecule has 214 valence electrons. The molecule has 0 bridgehead atoms. The van der Waals surface area contributed by atoms with Crippen molar-refractivity contribution in [2.24, 2.45) is 0 Å². The highest BCUT2D eigenvalue weighted by atomic mass is 15.0.